The van der Waals surface area contributed by atoms with Crippen molar-refractivity contribution in [1.29, 1.82) is 0 Å². The van der Waals surface area contributed by atoms with Crippen LogP contribution >= 0.6 is 15.9 Å². The zero-order chi connectivity index (χ0) is 17.1. The van der Waals surface area contributed by atoms with Gasteiger partial charge >= 0.3 is 0 Å². The molecule has 0 aliphatic heterocycles. The van der Waals surface area contributed by atoms with Crippen molar-refractivity contribution in [3.8, 4) is 0 Å². The van der Waals surface area contributed by atoms with Crippen molar-refractivity contribution in [2.24, 2.45) is 46.3 Å². The zero-order valence-electron chi connectivity index (χ0n) is 15.8. The van der Waals surface area contributed by atoms with Gasteiger partial charge in [0, 0.05) is 5.92 Å². The maximum Gasteiger partial charge on any atom is 0.147 e. The fraction of sp³-hybridized carbons (Fsp3) is 0.955. The van der Waals surface area contributed by atoms with Crippen LogP contribution in [0.15, 0.2) is 0 Å². The van der Waals surface area contributed by atoms with E-state index in [4.69, 9.17) is 0 Å². The first kappa shape index (κ1) is 17.6. The van der Waals surface area contributed by atoms with Crippen LogP contribution in [0.3, 0.4) is 0 Å². The fourth-order valence-electron chi connectivity index (χ4n) is 8.09. The Kier molecular flexibility index (Phi) is 4.46. The van der Waals surface area contributed by atoms with Gasteiger partial charge in [-0.3, -0.25) is 4.79 Å². The van der Waals surface area contributed by atoms with Crippen LogP contribution in [0.5, 0.6) is 0 Å². The molecule has 24 heavy (non-hydrogen) atoms. The zero-order valence-corrected chi connectivity index (χ0v) is 17.4. The molecule has 0 heterocycles. The van der Waals surface area contributed by atoms with Gasteiger partial charge in [0.25, 0.3) is 0 Å². The number of halogens is 1. The number of carbonyl (C=O) groups excluding carboxylic acids is 1. The van der Waals surface area contributed by atoms with Gasteiger partial charge in [0.1, 0.15) is 5.78 Å². The molecule has 4 aliphatic carbocycles. The minimum atomic E-state index is 0.303. The lowest BCUT2D eigenvalue weighted by molar-refractivity contribution is -0.134. The molecule has 0 amide bonds. The second-order valence-electron chi connectivity index (χ2n) is 10.3. The molecule has 0 saturated heterocycles. The predicted octanol–water partition coefficient (Wildman–Crippen LogP) is 6.25. The van der Waals surface area contributed by atoms with E-state index in [9.17, 15) is 4.79 Å². The van der Waals surface area contributed by atoms with Crippen LogP contribution in [-0.4, -0.2) is 11.1 Å². The Morgan fingerprint density at radius 3 is 2.42 bits per heavy atom. The molecule has 4 rings (SSSR count). The van der Waals surface area contributed by atoms with E-state index in [2.05, 4.69) is 36.7 Å². The number of Topliss-reactive ketones (excluding diaryl/α,β-unsaturated/α-hetero) is 1. The van der Waals surface area contributed by atoms with E-state index < -0.39 is 0 Å². The number of hydrogen-bond acceptors (Lipinski definition) is 1. The third kappa shape index (κ3) is 2.41. The second-order valence-corrected chi connectivity index (χ2v) is 10.9. The first-order valence-corrected chi connectivity index (χ1v) is 11.6. The van der Waals surface area contributed by atoms with Gasteiger partial charge < -0.3 is 0 Å². The molecule has 4 aliphatic rings. The monoisotopic (exact) mass is 394 g/mol. The van der Waals surface area contributed by atoms with Crippen molar-refractivity contribution in [2.45, 2.75) is 78.6 Å². The largest absolute Gasteiger partial charge is 0.298 e. The molecule has 4 fully saturated rings. The highest BCUT2D eigenvalue weighted by atomic mass is 79.9. The molecule has 8 atom stereocenters. The Balaban J connectivity index is 1.60. The average molecular weight is 395 g/mol. The van der Waals surface area contributed by atoms with E-state index in [1.54, 1.807) is 0 Å². The van der Waals surface area contributed by atoms with Crippen molar-refractivity contribution >= 4 is 21.7 Å². The van der Waals surface area contributed by atoms with E-state index in [0.717, 1.165) is 36.0 Å². The number of fused-ring (bicyclic) bond motifs is 5. The van der Waals surface area contributed by atoms with Gasteiger partial charge in [0.2, 0.25) is 0 Å². The Hall–Kier alpha value is 0.150. The van der Waals surface area contributed by atoms with E-state index in [1.165, 1.54) is 51.4 Å². The standard InChI is InChI=1S/C22H35BrO/c1-14-8-10-21(2)15(12-14)4-5-16-17-6-7-19(20(24)13-23)22(17,3)11-9-18(16)21/h14-19H,4-13H2,1-3H3/t14-,15-,16-,17-,18-,19+,21-,22-/m0/s1. The minimum Gasteiger partial charge on any atom is -0.298 e. The molecule has 0 radical (unpaired) electrons. The molecular formula is C22H35BrO. The maximum absolute atomic E-state index is 12.5. The van der Waals surface area contributed by atoms with Crippen molar-refractivity contribution in [1.82, 2.24) is 0 Å². The molecular weight excluding hydrogens is 360 g/mol. The first-order valence-electron chi connectivity index (χ1n) is 10.5. The Morgan fingerprint density at radius 1 is 0.958 bits per heavy atom. The summed E-state index contributed by atoms with van der Waals surface area (Å²) in [5, 5.41) is 0.561. The van der Waals surface area contributed by atoms with Gasteiger partial charge in [0.05, 0.1) is 5.33 Å². The van der Waals surface area contributed by atoms with Crippen LogP contribution in [0.4, 0.5) is 0 Å². The van der Waals surface area contributed by atoms with Crippen LogP contribution in [-0.2, 0) is 4.79 Å². The topological polar surface area (TPSA) is 17.1 Å². The number of hydrogen-bond donors (Lipinski definition) is 0. The molecule has 0 N–H and O–H groups in total. The highest BCUT2D eigenvalue weighted by Crippen LogP contribution is 2.67. The van der Waals surface area contributed by atoms with Crippen molar-refractivity contribution in [3.05, 3.63) is 0 Å². The summed E-state index contributed by atoms with van der Waals surface area (Å²) in [6.07, 6.45) is 12.5. The second kappa shape index (κ2) is 6.10. The molecule has 0 spiro atoms. The molecule has 0 aromatic carbocycles. The van der Waals surface area contributed by atoms with Crippen molar-refractivity contribution < 1.29 is 4.79 Å². The molecule has 136 valence electrons. The van der Waals surface area contributed by atoms with Gasteiger partial charge in [0.15, 0.2) is 0 Å². The number of rotatable bonds is 2. The van der Waals surface area contributed by atoms with Crippen LogP contribution in [0.2, 0.25) is 0 Å². The summed E-state index contributed by atoms with van der Waals surface area (Å²) in [5.74, 6) is 5.41. The number of carbonyl (C=O) groups is 1. The lowest BCUT2D eigenvalue weighted by atomic mass is 9.44. The maximum atomic E-state index is 12.5. The molecule has 0 unspecified atom stereocenters. The van der Waals surface area contributed by atoms with Crippen LogP contribution in [0.1, 0.15) is 78.6 Å². The molecule has 0 aromatic rings. The summed E-state index contributed by atoms with van der Waals surface area (Å²) in [5.41, 5.74) is 0.908. The third-order valence-corrected chi connectivity index (χ3v) is 10.0. The summed E-state index contributed by atoms with van der Waals surface area (Å²) in [6.45, 7) is 7.60. The third-order valence-electron chi connectivity index (χ3n) is 9.45. The Morgan fingerprint density at radius 2 is 1.67 bits per heavy atom. The normalized spacial score (nSPS) is 53.8. The lowest BCUT2D eigenvalue weighted by Gasteiger charge is -2.61. The van der Waals surface area contributed by atoms with Gasteiger partial charge in [-0.2, -0.15) is 0 Å². The molecule has 0 bridgehead atoms. The van der Waals surface area contributed by atoms with Crippen LogP contribution in [0.25, 0.3) is 0 Å². The van der Waals surface area contributed by atoms with Gasteiger partial charge in [-0.15, -0.1) is 0 Å². The van der Waals surface area contributed by atoms with E-state index in [1.807, 2.05) is 0 Å². The number of ketones is 1. The first-order chi connectivity index (χ1) is 11.4. The Labute approximate surface area is 156 Å². The SMILES string of the molecule is C[C@H]1CC[C@@]2(C)[C@@H](CC[C@@H]3[C@@H]2CC[C@]2(C)[C@@H](C(=O)CBr)CC[C@@H]32)C1. The summed E-state index contributed by atoms with van der Waals surface area (Å²) in [7, 11) is 0. The summed E-state index contributed by atoms with van der Waals surface area (Å²) in [4.78, 5) is 12.5. The smallest absolute Gasteiger partial charge is 0.147 e. The summed E-state index contributed by atoms with van der Waals surface area (Å²) in [6, 6.07) is 0. The number of alkyl halides is 1. The van der Waals surface area contributed by atoms with Gasteiger partial charge in [-0.25, -0.2) is 0 Å². The van der Waals surface area contributed by atoms with Crippen LogP contribution < -0.4 is 0 Å². The van der Waals surface area contributed by atoms with Gasteiger partial charge in [-0.05, 0) is 91.8 Å². The summed E-state index contributed by atoms with van der Waals surface area (Å²) < 4.78 is 0. The minimum absolute atomic E-state index is 0.303. The quantitative estimate of drug-likeness (QED) is 0.506. The van der Waals surface area contributed by atoms with Crippen molar-refractivity contribution in [2.75, 3.05) is 5.33 Å². The highest BCUT2D eigenvalue weighted by molar-refractivity contribution is 9.09. The molecule has 1 nitrogen and oxygen atoms in total. The van der Waals surface area contributed by atoms with E-state index >= 15 is 0 Å². The van der Waals surface area contributed by atoms with E-state index in [-0.39, 0.29) is 0 Å². The average Bonchev–Trinajstić information content (AvgIpc) is 2.92. The van der Waals surface area contributed by atoms with Crippen LogP contribution in [0, 0.1) is 46.3 Å². The highest BCUT2D eigenvalue weighted by Gasteiger charge is 2.60. The predicted molar refractivity (Wildman–Crippen MR) is 103 cm³/mol. The summed E-state index contributed by atoms with van der Waals surface area (Å²) >= 11 is 3.44. The molecule has 4 saturated carbocycles. The van der Waals surface area contributed by atoms with Gasteiger partial charge in [-0.1, -0.05) is 43.1 Å². The van der Waals surface area contributed by atoms with E-state index in [0.29, 0.717) is 27.9 Å². The van der Waals surface area contributed by atoms with Crippen molar-refractivity contribution in [3.63, 3.8) is 0 Å². The lowest BCUT2D eigenvalue weighted by Crippen LogP contribution is -2.53. The molecule has 0 aromatic heterocycles. The molecule has 2 heteroatoms. The Bertz CT molecular complexity index is 516. The fourth-order valence-corrected chi connectivity index (χ4v) is 8.49.